The zero-order valence-electron chi connectivity index (χ0n) is 6.14. The minimum Gasteiger partial charge on any atom is -0.506 e. The largest absolute Gasteiger partial charge is 0.506 e. The number of hydrazine groups is 1. The maximum absolute atomic E-state index is 10.3. The van der Waals surface area contributed by atoms with E-state index in [9.17, 15) is 4.79 Å². The number of nitrogens with two attached hydrogens (primary N) is 1. The van der Waals surface area contributed by atoms with Crippen LogP contribution in [0.1, 0.15) is 0 Å². The predicted octanol–water partition coefficient (Wildman–Crippen LogP) is 0.750. The first kappa shape index (κ1) is 8.35. The number of aromatic hydroxyl groups is 1. The molecule has 0 bridgehead atoms. The molecule has 5 nitrogen and oxygen atoms in total. The van der Waals surface area contributed by atoms with Crippen molar-refractivity contribution in [1.29, 1.82) is 0 Å². The van der Waals surface area contributed by atoms with Gasteiger partial charge in [-0.05, 0) is 12.1 Å². The van der Waals surface area contributed by atoms with Gasteiger partial charge in [0, 0.05) is 0 Å². The predicted molar refractivity (Wildman–Crippen MR) is 42.8 cm³/mol. The molecule has 0 atom stereocenters. The number of anilines is 1. The lowest BCUT2D eigenvalue weighted by Crippen LogP contribution is -2.35. The third-order valence-corrected chi connectivity index (χ3v) is 1.35. The standard InChI is InChI=1S/C7H8N2O3/c8-9(7(11)12)5-3-1-2-4-6(5)10/h1-4,10H,8H2,(H,11,12). The van der Waals surface area contributed by atoms with Gasteiger partial charge in [-0.2, -0.15) is 0 Å². The molecule has 0 aromatic heterocycles. The molecule has 4 N–H and O–H groups in total. The summed E-state index contributed by atoms with van der Waals surface area (Å²) in [5, 5.41) is 18.0. The van der Waals surface area contributed by atoms with Crippen LogP contribution >= 0.6 is 0 Å². The van der Waals surface area contributed by atoms with Crippen LogP contribution in [0.5, 0.6) is 5.75 Å². The second-order valence-corrected chi connectivity index (χ2v) is 2.14. The molecular formula is C7H8N2O3. The summed E-state index contributed by atoms with van der Waals surface area (Å²) in [6, 6.07) is 5.92. The molecule has 64 valence electrons. The highest BCUT2D eigenvalue weighted by Gasteiger charge is 2.11. The number of rotatable bonds is 1. The number of carboxylic acid groups (broad SMARTS) is 1. The van der Waals surface area contributed by atoms with Crippen LogP contribution in [0.3, 0.4) is 0 Å². The highest BCUT2D eigenvalue weighted by molar-refractivity contribution is 5.86. The molecule has 0 heterocycles. The van der Waals surface area contributed by atoms with Gasteiger partial charge in [0.15, 0.2) is 0 Å². The number of para-hydroxylation sites is 2. The van der Waals surface area contributed by atoms with Crippen molar-refractivity contribution in [2.75, 3.05) is 5.01 Å². The first-order valence-electron chi connectivity index (χ1n) is 3.18. The van der Waals surface area contributed by atoms with Crippen LogP contribution < -0.4 is 10.9 Å². The molecule has 1 rings (SSSR count). The fourth-order valence-electron chi connectivity index (χ4n) is 0.771. The van der Waals surface area contributed by atoms with Gasteiger partial charge >= 0.3 is 6.09 Å². The second kappa shape index (κ2) is 3.10. The molecular weight excluding hydrogens is 160 g/mol. The van der Waals surface area contributed by atoms with Gasteiger partial charge < -0.3 is 10.2 Å². The van der Waals surface area contributed by atoms with Gasteiger partial charge in [0.05, 0.1) is 0 Å². The number of carbonyl (C=O) groups is 1. The molecule has 0 aliphatic rings. The number of nitrogens with zero attached hydrogens (tertiary/aromatic N) is 1. The topological polar surface area (TPSA) is 86.8 Å². The van der Waals surface area contributed by atoms with E-state index in [1.807, 2.05) is 0 Å². The maximum atomic E-state index is 10.3. The van der Waals surface area contributed by atoms with Crippen molar-refractivity contribution in [3.05, 3.63) is 24.3 Å². The van der Waals surface area contributed by atoms with Crippen molar-refractivity contribution >= 4 is 11.8 Å². The minimum atomic E-state index is -1.32. The van der Waals surface area contributed by atoms with Crippen LogP contribution in [-0.2, 0) is 0 Å². The SMILES string of the molecule is NN(C(=O)O)c1ccccc1O. The van der Waals surface area contributed by atoms with Gasteiger partial charge in [-0.15, -0.1) is 0 Å². The van der Waals surface area contributed by atoms with Crippen molar-refractivity contribution in [1.82, 2.24) is 0 Å². The number of hydrogen-bond acceptors (Lipinski definition) is 3. The van der Waals surface area contributed by atoms with Gasteiger partial charge in [-0.3, -0.25) is 0 Å². The molecule has 0 saturated heterocycles. The fraction of sp³-hybridized carbons (Fsp3) is 0. The van der Waals surface area contributed by atoms with E-state index in [1.54, 1.807) is 12.1 Å². The molecule has 0 fully saturated rings. The van der Waals surface area contributed by atoms with Crippen LogP contribution in [0.2, 0.25) is 0 Å². The van der Waals surface area contributed by atoms with Crippen molar-refractivity contribution in [2.24, 2.45) is 5.84 Å². The maximum Gasteiger partial charge on any atom is 0.426 e. The van der Waals surface area contributed by atoms with Crippen LogP contribution in [-0.4, -0.2) is 16.3 Å². The van der Waals surface area contributed by atoms with Gasteiger partial charge in [0.1, 0.15) is 11.4 Å². The summed E-state index contributed by atoms with van der Waals surface area (Å²) in [5.41, 5.74) is 0.0602. The smallest absolute Gasteiger partial charge is 0.426 e. The normalized spacial score (nSPS) is 9.42. The Labute approximate surface area is 68.6 Å². The highest BCUT2D eigenvalue weighted by atomic mass is 16.4. The number of phenolic OH excluding ortho intramolecular Hbond substituents is 1. The van der Waals surface area contributed by atoms with Gasteiger partial charge in [-0.1, -0.05) is 12.1 Å². The lowest BCUT2D eigenvalue weighted by molar-refractivity contribution is 0.201. The average molecular weight is 168 g/mol. The molecule has 1 aromatic rings. The Hall–Kier alpha value is -1.75. The Kier molecular flexibility index (Phi) is 2.16. The van der Waals surface area contributed by atoms with Crippen molar-refractivity contribution in [3.63, 3.8) is 0 Å². The van der Waals surface area contributed by atoms with Crippen LogP contribution in [0.25, 0.3) is 0 Å². The zero-order valence-corrected chi connectivity index (χ0v) is 6.14. The molecule has 5 heteroatoms. The van der Waals surface area contributed by atoms with Crippen molar-refractivity contribution in [2.45, 2.75) is 0 Å². The summed E-state index contributed by atoms with van der Waals surface area (Å²) in [5.74, 6) is 4.95. The number of phenols is 1. The van der Waals surface area contributed by atoms with E-state index in [1.165, 1.54) is 12.1 Å². The Bertz CT molecular complexity index is 300. The molecule has 12 heavy (non-hydrogen) atoms. The Morgan fingerprint density at radius 2 is 2.00 bits per heavy atom. The summed E-state index contributed by atoms with van der Waals surface area (Å²) in [4.78, 5) is 10.3. The number of amides is 1. The molecule has 1 amide bonds. The lowest BCUT2D eigenvalue weighted by Gasteiger charge is -2.12. The van der Waals surface area contributed by atoms with Gasteiger partial charge in [0.2, 0.25) is 0 Å². The second-order valence-electron chi connectivity index (χ2n) is 2.14. The molecule has 1 aromatic carbocycles. The first-order valence-corrected chi connectivity index (χ1v) is 3.18. The van der Waals surface area contributed by atoms with Crippen LogP contribution in [0.4, 0.5) is 10.5 Å². The van der Waals surface area contributed by atoms with Crippen LogP contribution in [0, 0.1) is 0 Å². The zero-order chi connectivity index (χ0) is 9.14. The third kappa shape index (κ3) is 1.46. The van der Waals surface area contributed by atoms with E-state index in [0.717, 1.165) is 0 Å². The Morgan fingerprint density at radius 1 is 1.42 bits per heavy atom. The first-order chi connectivity index (χ1) is 5.63. The van der Waals surface area contributed by atoms with E-state index >= 15 is 0 Å². The molecule has 0 aliphatic carbocycles. The highest BCUT2D eigenvalue weighted by Crippen LogP contribution is 2.23. The van der Waals surface area contributed by atoms with E-state index in [0.29, 0.717) is 5.01 Å². The van der Waals surface area contributed by atoms with Crippen LogP contribution in [0.15, 0.2) is 24.3 Å². The number of hydrogen-bond donors (Lipinski definition) is 3. The minimum absolute atomic E-state index is 0.0602. The van der Waals surface area contributed by atoms with E-state index in [-0.39, 0.29) is 11.4 Å². The number of benzene rings is 1. The summed E-state index contributed by atoms with van der Waals surface area (Å²) >= 11 is 0. The molecule has 0 aliphatic heterocycles. The van der Waals surface area contributed by atoms with Gasteiger partial charge in [-0.25, -0.2) is 15.6 Å². The van der Waals surface area contributed by atoms with E-state index in [4.69, 9.17) is 16.1 Å². The summed E-state index contributed by atoms with van der Waals surface area (Å²) < 4.78 is 0. The summed E-state index contributed by atoms with van der Waals surface area (Å²) in [7, 11) is 0. The summed E-state index contributed by atoms with van der Waals surface area (Å²) in [6.45, 7) is 0. The Balaban J connectivity index is 3.02. The van der Waals surface area contributed by atoms with Crippen molar-refractivity contribution < 1.29 is 15.0 Å². The monoisotopic (exact) mass is 168 g/mol. The molecule has 0 radical (unpaired) electrons. The quantitative estimate of drug-likeness (QED) is 0.328. The molecule has 0 unspecified atom stereocenters. The Morgan fingerprint density at radius 3 is 2.50 bits per heavy atom. The lowest BCUT2D eigenvalue weighted by atomic mass is 10.3. The third-order valence-electron chi connectivity index (χ3n) is 1.35. The van der Waals surface area contributed by atoms with E-state index in [2.05, 4.69) is 0 Å². The summed E-state index contributed by atoms with van der Waals surface area (Å²) in [6.07, 6.45) is -1.32. The molecule has 0 saturated carbocycles. The van der Waals surface area contributed by atoms with Gasteiger partial charge in [0.25, 0.3) is 0 Å². The van der Waals surface area contributed by atoms with E-state index < -0.39 is 6.09 Å². The van der Waals surface area contributed by atoms with Crippen molar-refractivity contribution in [3.8, 4) is 5.75 Å². The average Bonchev–Trinajstić information content (AvgIpc) is 2.04. The molecule has 0 spiro atoms. The fourth-order valence-corrected chi connectivity index (χ4v) is 0.771.